The monoisotopic (exact) mass is 736 g/mol. The molecule has 4 atom stereocenters. The Morgan fingerprint density at radius 2 is 0.944 bits per heavy atom. The third-order valence-corrected chi connectivity index (χ3v) is 9.24. The molecule has 54 heavy (non-hydrogen) atoms. The van der Waals surface area contributed by atoms with E-state index >= 15 is 0 Å². The lowest BCUT2D eigenvalue weighted by Crippen LogP contribution is -2.66. The van der Waals surface area contributed by atoms with E-state index in [0.29, 0.717) is 22.5 Å². The summed E-state index contributed by atoms with van der Waals surface area (Å²) in [5, 5.41) is 18.3. The number of pyridine rings is 2. The molecule has 0 bridgehead atoms. The molecule has 0 fully saturated rings. The summed E-state index contributed by atoms with van der Waals surface area (Å²) in [6.07, 6.45) is 1.41. The van der Waals surface area contributed by atoms with Gasteiger partial charge in [-0.05, 0) is 60.1 Å². The van der Waals surface area contributed by atoms with Gasteiger partial charge in [-0.15, -0.1) is 0 Å². The normalized spacial score (nSPS) is 14.0. The first kappa shape index (κ1) is 41.3. The number of imide groups is 2. The number of benzene rings is 2. The van der Waals surface area contributed by atoms with Crippen molar-refractivity contribution in [1.82, 2.24) is 30.4 Å². The largest absolute Gasteiger partial charge is 0.389 e. The van der Waals surface area contributed by atoms with Crippen LogP contribution in [0, 0.1) is 11.8 Å². The summed E-state index contributed by atoms with van der Waals surface area (Å²) in [5.41, 5.74) is 15.3. The third-order valence-electron chi connectivity index (χ3n) is 9.24. The Kier molecular flexibility index (Phi) is 15.3. The van der Waals surface area contributed by atoms with Crippen molar-refractivity contribution in [2.45, 2.75) is 83.9 Å². The molecule has 2 aromatic heterocycles. The molecule has 0 radical (unpaired) electrons. The first-order chi connectivity index (χ1) is 25.9. The molecular weight excluding hydrogens is 685 g/mol. The molecule has 4 aromatic rings. The average Bonchev–Trinajstić information content (AvgIpc) is 3.19. The van der Waals surface area contributed by atoms with Gasteiger partial charge in [0.1, 0.15) is 0 Å². The highest BCUT2D eigenvalue weighted by atomic mass is 16.3. The van der Waals surface area contributed by atoms with Crippen molar-refractivity contribution in [2.24, 2.45) is 23.3 Å². The number of aliphatic hydroxyl groups excluding tert-OH is 1. The third kappa shape index (κ3) is 11.3. The van der Waals surface area contributed by atoms with Crippen LogP contribution < -0.4 is 22.1 Å². The molecule has 0 spiro atoms. The topological polar surface area (TPSA) is 197 Å². The fourth-order valence-electron chi connectivity index (χ4n) is 5.92. The highest BCUT2D eigenvalue weighted by Crippen LogP contribution is 2.25. The first-order valence-electron chi connectivity index (χ1n) is 18.2. The molecule has 0 aliphatic rings. The zero-order valence-electron chi connectivity index (χ0n) is 31.3. The molecular formula is C41H52N8O5. The molecule has 286 valence electrons. The Balaban J connectivity index is 1.88. The van der Waals surface area contributed by atoms with Gasteiger partial charge < -0.3 is 27.2 Å². The summed E-state index contributed by atoms with van der Waals surface area (Å²) in [4.78, 5) is 67.8. The van der Waals surface area contributed by atoms with Gasteiger partial charge in [0, 0.05) is 12.4 Å². The van der Waals surface area contributed by atoms with E-state index in [1.807, 2.05) is 12.1 Å². The number of nitrogens with zero attached hydrogens (tertiary/aromatic N) is 4. The number of aromatic nitrogens is 2. The second-order valence-corrected chi connectivity index (χ2v) is 13.9. The van der Waals surface area contributed by atoms with E-state index in [1.54, 1.807) is 125 Å². The van der Waals surface area contributed by atoms with Gasteiger partial charge in [-0.1, -0.05) is 100 Å². The summed E-state index contributed by atoms with van der Waals surface area (Å²) < 4.78 is 0. The molecule has 2 unspecified atom stereocenters. The SMILES string of the molecule is CC(C)[C@H](N)C(=O)N(C(=O)NCc1ccccn1)C(Cc1ccccc1)C(O)C(Cc1ccccc1)N(C(=O)NCc1ccccn1)C(=O)[C@@H](N)C(C)C. The van der Waals surface area contributed by atoms with Gasteiger partial charge in [-0.2, -0.15) is 0 Å². The molecule has 13 heteroatoms. The lowest BCUT2D eigenvalue weighted by Gasteiger charge is -2.42. The zero-order valence-corrected chi connectivity index (χ0v) is 31.3. The quantitative estimate of drug-likeness (QED) is 0.114. The Labute approximate surface area is 317 Å². The predicted octanol–water partition coefficient (Wildman–Crippen LogP) is 3.80. The maximum atomic E-state index is 14.4. The minimum absolute atomic E-state index is 0.0221. The minimum Gasteiger partial charge on any atom is -0.389 e. The maximum Gasteiger partial charge on any atom is 0.324 e. The van der Waals surface area contributed by atoms with Crippen molar-refractivity contribution in [1.29, 1.82) is 0 Å². The van der Waals surface area contributed by atoms with E-state index in [9.17, 15) is 24.3 Å². The van der Waals surface area contributed by atoms with E-state index in [-0.39, 0.29) is 37.8 Å². The smallest absolute Gasteiger partial charge is 0.324 e. The fourth-order valence-corrected chi connectivity index (χ4v) is 5.92. The number of hydrogen-bond acceptors (Lipinski definition) is 9. The summed E-state index contributed by atoms with van der Waals surface area (Å²) in [6.45, 7) is 6.98. The van der Waals surface area contributed by atoms with E-state index in [0.717, 1.165) is 9.80 Å². The molecule has 7 N–H and O–H groups in total. The number of nitrogens with one attached hydrogen (secondary N) is 2. The van der Waals surface area contributed by atoms with Crippen molar-refractivity contribution in [2.75, 3.05) is 0 Å². The van der Waals surface area contributed by atoms with Crippen molar-refractivity contribution < 1.29 is 24.3 Å². The molecule has 4 rings (SSSR count). The van der Waals surface area contributed by atoms with Crippen LogP contribution >= 0.6 is 0 Å². The summed E-state index contributed by atoms with van der Waals surface area (Å²) in [6, 6.07) is 22.0. The number of hydrogen-bond donors (Lipinski definition) is 5. The number of carbonyl (C=O) groups is 4. The van der Waals surface area contributed by atoms with E-state index in [2.05, 4.69) is 20.6 Å². The fraction of sp³-hybridized carbons (Fsp3) is 0.366. The number of amides is 6. The van der Waals surface area contributed by atoms with Crippen molar-refractivity contribution in [3.63, 3.8) is 0 Å². The molecule has 0 saturated heterocycles. The van der Waals surface area contributed by atoms with Crippen LogP contribution in [0.1, 0.15) is 50.2 Å². The minimum atomic E-state index is -1.70. The van der Waals surface area contributed by atoms with Gasteiger partial charge in [0.15, 0.2) is 0 Å². The first-order valence-corrected chi connectivity index (χ1v) is 18.2. The van der Waals surface area contributed by atoms with Gasteiger partial charge in [0.05, 0.1) is 54.7 Å². The molecule has 6 amide bonds. The molecule has 2 aromatic carbocycles. The van der Waals surface area contributed by atoms with Crippen LogP contribution in [0.4, 0.5) is 9.59 Å². The van der Waals surface area contributed by atoms with Crippen LogP contribution in [0.2, 0.25) is 0 Å². The van der Waals surface area contributed by atoms with E-state index < -0.39 is 54.1 Å². The van der Waals surface area contributed by atoms with E-state index in [1.165, 1.54) is 0 Å². The molecule has 13 nitrogen and oxygen atoms in total. The number of aliphatic hydroxyl groups is 1. The second kappa shape index (κ2) is 20.1. The van der Waals surface area contributed by atoms with Gasteiger partial charge in [-0.3, -0.25) is 29.4 Å². The Hall–Kier alpha value is -5.50. The van der Waals surface area contributed by atoms with Gasteiger partial charge in [-0.25, -0.2) is 9.59 Å². The van der Waals surface area contributed by atoms with Crippen LogP contribution in [0.3, 0.4) is 0 Å². The zero-order chi connectivity index (χ0) is 39.2. The molecule has 0 aliphatic heterocycles. The van der Waals surface area contributed by atoms with Crippen molar-refractivity contribution >= 4 is 23.9 Å². The Bertz CT molecular complexity index is 1650. The Morgan fingerprint density at radius 3 is 1.26 bits per heavy atom. The number of nitrogens with two attached hydrogens (primary N) is 2. The van der Waals surface area contributed by atoms with Crippen molar-refractivity contribution in [3.8, 4) is 0 Å². The standard InChI is InChI=1S/C41H52N8O5/c1-27(2)35(42)38(51)48(40(53)46-25-31-19-11-13-21-44-31)33(23-29-15-7-5-8-16-29)37(50)34(24-30-17-9-6-10-18-30)49(39(52)36(43)28(3)4)41(54)47-26-32-20-12-14-22-45-32/h5-22,27-28,33-37,50H,23-26,42-43H2,1-4H3,(H,46,53)(H,47,54)/t33?,34?,35-,36-,37?/m0/s1. The Morgan fingerprint density at radius 1 is 0.593 bits per heavy atom. The molecule has 2 heterocycles. The predicted molar refractivity (Wildman–Crippen MR) is 206 cm³/mol. The number of carbonyl (C=O) groups excluding carboxylic acids is 4. The summed E-state index contributed by atoms with van der Waals surface area (Å²) >= 11 is 0. The summed E-state index contributed by atoms with van der Waals surface area (Å²) in [7, 11) is 0. The maximum absolute atomic E-state index is 14.4. The average molecular weight is 737 g/mol. The van der Waals surface area contributed by atoms with Gasteiger partial charge in [0.2, 0.25) is 11.8 Å². The van der Waals surface area contributed by atoms with Gasteiger partial charge in [0.25, 0.3) is 0 Å². The summed E-state index contributed by atoms with van der Waals surface area (Å²) in [5.74, 6) is -2.23. The molecule has 0 aliphatic carbocycles. The number of urea groups is 2. The van der Waals surface area contributed by atoms with Gasteiger partial charge >= 0.3 is 12.1 Å². The lowest BCUT2D eigenvalue weighted by molar-refractivity contribution is -0.138. The molecule has 0 saturated carbocycles. The van der Waals surface area contributed by atoms with Crippen LogP contribution in [-0.4, -0.2) is 79.0 Å². The highest BCUT2D eigenvalue weighted by molar-refractivity contribution is 5.99. The lowest BCUT2D eigenvalue weighted by atomic mass is 9.89. The van der Waals surface area contributed by atoms with Crippen LogP contribution in [0.5, 0.6) is 0 Å². The van der Waals surface area contributed by atoms with Crippen molar-refractivity contribution in [3.05, 3.63) is 132 Å². The second-order valence-electron chi connectivity index (χ2n) is 13.9. The highest BCUT2D eigenvalue weighted by Gasteiger charge is 2.45. The van der Waals surface area contributed by atoms with Crippen LogP contribution in [-0.2, 0) is 35.5 Å². The number of rotatable bonds is 16. The van der Waals surface area contributed by atoms with E-state index in [4.69, 9.17) is 11.5 Å². The van der Waals surface area contributed by atoms with Crippen LogP contribution in [0.25, 0.3) is 0 Å². The van der Waals surface area contributed by atoms with Crippen LogP contribution in [0.15, 0.2) is 109 Å².